The van der Waals surface area contributed by atoms with Gasteiger partial charge in [-0.3, -0.25) is 9.36 Å². The summed E-state index contributed by atoms with van der Waals surface area (Å²) in [4.78, 5) is 22.0. The number of alkyl carbamates (subject to hydrolysis) is 1. The Balaban J connectivity index is 3.37. The minimum Gasteiger partial charge on any atom is -0.428 e. The zero-order valence-electron chi connectivity index (χ0n) is 10.7. The molecule has 18 heavy (non-hydrogen) atoms. The van der Waals surface area contributed by atoms with Crippen LogP contribution < -0.4 is 5.32 Å². The molecular weight excluding hydrogens is 261 g/mol. The van der Waals surface area contributed by atoms with Crippen molar-refractivity contribution in [3.05, 3.63) is 0 Å². The predicted molar refractivity (Wildman–Crippen MR) is 65.8 cm³/mol. The molecule has 0 bridgehead atoms. The van der Waals surface area contributed by atoms with Gasteiger partial charge in [0.1, 0.15) is 0 Å². The van der Waals surface area contributed by atoms with Crippen molar-refractivity contribution in [1.29, 1.82) is 0 Å². The van der Waals surface area contributed by atoms with Crippen LogP contribution in [-0.2, 0) is 23.4 Å². The zero-order valence-corrected chi connectivity index (χ0v) is 11.7. The summed E-state index contributed by atoms with van der Waals surface area (Å²) < 4.78 is 24.7. The maximum Gasteiger partial charge on any atom is 0.410 e. The van der Waals surface area contributed by atoms with Crippen molar-refractivity contribution in [2.45, 2.75) is 26.2 Å². The van der Waals surface area contributed by atoms with E-state index in [0.717, 1.165) is 0 Å². The minimum atomic E-state index is -1.92. The Morgan fingerprint density at radius 1 is 1.28 bits per heavy atom. The van der Waals surface area contributed by atoms with E-state index in [0.29, 0.717) is 32.4 Å². The Morgan fingerprint density at radius 3 is 2.61 bits per heavy atom. The molecule has 7 nitrogen and oxygen atoms in total. The second kappa shape index (κ2) is 11.0. The van der Waals surface area contributed by atoms with Crippen LogP contribution in [0.1, 0.15) is 26.2 Å². The summed E-state index contributed by atoms with van der Waals surface area (Å²) in [5.41, 5.74) is 0. The van der Waals surface area contributed by atoms with Gasteiger partial charge < -0.3 is 19.3 Å². The van der Waals surface area contributed by atoms with Gasteiger partial charge in [0.2, 0.25) is 6.79 Å². The van der Waals surface area contributed by atoms with E-state index in [-0.39, 0.29) is 6.79 Å². The van der Waals surface area contributed by atoms with Crippen LogP contribution in [0.15, 0.2) is 0 Å². The number of nitrogens with one attached hydrogen (secondary N) is 1. The summed E-state index contributed by atoms with van der Waals surface area (Å²) in [6, 6.07) is 0. The van der Waals surface area contributed by atoms with E-state index >= 15 is 0 Å². The van der Waals surface area contributed by atoms with E-state index in [4.69, 9.17) is 4.52 Å². The molecule has 0 rings (SSSR count). The van der Waals surface area contributed by atoms with Crippen LogP contribution in [0.25, 0.3) is 0 Å². The first-order valence-corrected chi connectivity index (χ1v) is 7.57. The second-order valence-electron chi connectivity index (χ2n) is 3.44. The molecule has 0 radical (unpaired) electrons. The lowest BCUT2D eigenvalue weighted by atomic mass is 10.3. The van der Waals surface area contributed by atoms with E-state index in [9.17, 15) is 14.2 Å². The Bertz CT molecular complexity index is 284. The third-order valence-electron chi connectivity index (χ3n) is 1.76. The summed E-state index contributed by atoms with van der Waals surface area (Å²) in [5, 5.41) is 2.44. The number of esters is 1. The average molecular weight is 281 g/mol. The molecule has 0 aromatic rings. The van der Waals surface area contributed by atoms with Gasteiger partial charge in [-0.1, -0.05) is 6.92 Å². The minimum absolute atomic E-state index is 0.304. The third kappa shape index (κ3) is 11.4. The fraction of sp³-hybridized carbons (Fsp3) is 0.800. The van der Waals surface area contributed by atoms with Gasteiger partial charge in [-0.25, -0.2) is 4.79 Å². The molecule has 0 heterocycles. The van der Waals surface area contributed by atoms with Crippen molar-refractivity contribution in [1.82, 2.24) is 5.32 Å². The standard InChI is InChI=1S/C10H20NO6P/c1-3-5-9(12)15-8-16-10(13)11-6-4-7-17-18(2)14/h18H,3-8H2,1-2H3,(H,11,13). The van der Waals surface area contributed by atoms with Gasteiger partial charge in [-0.2, -0.15) is 0 Å². The first-order chi connectivity index (χ1) is 8.56. The fourth-order valence-corrected chi connectivity index (χ4v) is 1.39. The predicted octanol–water partition coefficient (Wildman–Crippen LogP) is 1.52. The number of amides is 1. The average Bonchev–Trinajstić information content (AvgIpc) is 2.28. The first kappa shape index (κ1) is 16.9. The lowest BCUT2D eigenvalue weighted by Gasteiger charge is -2.07. The SMILES string of the molecule is CCCC(=O)OCOC(=O)NCCCO[PH](C)=O. The van der Waals surface area contributed by atoms with Crippen molar-refractivity contribution >= 4 is 20.1 Å². The van der Waals surface area contributed by atoms with Crippen molar-refractivity contribution in [3.63, 3.8) is 0 Å². The molecule has 0 spiro atoms. The van der Waals surface area contributed by atoms with Crippen molar-refractivity contribution in [3.8, 4) is 0 Å². The Hall–Kier alpha value is -1.07. The topological polar surface area (TPSA) is 90.9 Å². The molecule has 1 amide bonds. The van der Waals surface area contributed by atoms with Gasteiger partial charge in [0.15, 0.2) is 8.03 Å². The summed E-state index contributed by atoms with van der Waals surface area (Å²) in [5.74, 6) is -0.397. The molecule has 8 heteroatoms. The van der Waals surface area contributed by atoms with Crippen LogP contribution in [0, 0.1) is 0 Å². The number of rotatable bonds is 9. The highest BCUT2D eigenvalue weighted by molar-refractivity contribution is 7.38. The third-order valence-corrected chi connectivity index (χ3v) is 2.37. The number of hydrogen-bond donors (Lipinski definition) is 1. The molecule has 0 aliphatic carbocycles. The number of hydrogen-bond acceptors (Lipinski definition) is 6. The Labute approximate surface area is 107 Å². The quantitative estimate of drug-likeness (QED) is 0.298. The van der Waals surface area contributed by atoms with Gasteiger partial charge in [-0.15, -0.1) is 0 Å². The fourth-order valence-electron chi connectivity index (χ4n) is 0.955. The number of carbonyl (C=O) groups is 2. The first-order valence-electron chi connectivity index (χ1n) is 5.75. The van der Waals surface area contributed by atoms with Crippen molar-refractivity contribution in [2.24, 2.45) is 0 Å². The van der Waals surface area contributed by atoms with Gasteiger partial charge in [0, 0.05) is 19.6 Å². The lowest BCUT2D eigenvalue weighted by Crippen LogP contribution is -2.27. The number of carbonyl (C=O) groups excluding carboxylic acids is 2. The van der Waals surface area contributed by atoms with Gasteiger partial charge in [0.05, 0.1) is 6.61 Å². The maximum absolute atomic E-state index is 11.1. The van der Waals surface area contributed by atoms with Crippen molar-refractivity contribution < 1.29 is 28.2 Å². The maximum atomic E-state index is 11.1. The van der Waals surface area contributed by atoms with E-state index in [2.05, 4.69) is 14.8 Å². The normalized spacial score (nSPS) is 11.7. The Kier molecular flexibility index (Phi) is 10.4. The molecule has 106 valence electrons. The van der Waals surface area contributed by atoms with Crippen LogP contribution >= 0.6 is 8.03 Å². The molecule has 0 aliphatic rings. The van der Waals surface area contributed by atoms with Gasteiger partial charge in [0.25, 0.3) is 0 Å². The molecule has 0 fully saturated rings. The smallest absolute Gasteiger partial charge is 0.410 e. The molecule has 1 N–H and O–H groups in total. The van der Waals surface area contributed by atoms with E-state index in [1.54, 1.807) is 0 Å². The summed E-state index contributed by atoms with van der Waals surface area (Å²) in [6.07, 6.45) is 0.863. The zero-order chi connectivity index (χ0) is 13.8. The highest BCUT2D eigenvalue weighted by atomic mass is 31.1. The Morgan fingerprint density at radius 2 is 2.00 bits per heavy atom. The van der Waals surface area contributed by atoms with Crippen LogP contribution in [0.2, 0.25) is 0 Å². The van der Waals surface area contributed by atoms with Crippen LogP contribution in [0.4, 0.5) is 4.79 Å². The lowest BCUT2D eigenvalue weighted by molar-refractivity contribution is -0.151. The molecule has 1 atom stereocenters. The highest BCUT2D eigenvalue weighted by Gasteiger charge is 2.04. The molecule has 0 saturated heterocycles. The number of ether oxygens (including phenoxy) is 2. The molecule has 0 aromatic heterocycles. The van der Waals surface area contributed by atoms with Gasteiger partial charge in [-0.05, 0) is 12.8 Å². The largest absolute Gasteiger partial charge is 0.428 e. The van der Waals surface area contributed by atoms with E-state index in [1.165, 1.54) is 6.66 Å². The molecular formula is C10H20NO6P. The monoisotopic (exact) mass is 281 g/mol. The second-order valence-corrected chi connectivity index (χ2v) is 4.71. The van der Waals surface area contributed by atoms with Crippen molar-refractivity contribution in [2.75, 3.05) is 26.6 Å². The summed E-state index contributed by atoms with van der Waals surface area (Å²) >= 11 is 0. The molecule has 1 unspecified atom stereocenters. The van der Waals surface area contributed by atoms with E-state index in [1.807, 2.05) is 6.92 Å². The molecule has 0 aliphatic heterocycles. The van der Waals surface area contributed by atoms with Crippen LogP contribution in [-0.4, -0.2) is 38.7 Å². The molecule has 0 aromatic carbocycles. The summed E-state index contributed by atoms with van der Waals surface area (Å²) in [6.45, 7) is 3.62. The van der Waals surface area contributed by atoms with Gasteiger partial charge >= 0.3 is 12.1 Å². The van der Waals surface area contributed by atoms with Crippen LogP contribution in [0.3, 0.4) is 0 Å². The van der Waals surface area contributed by atoms with Crippen LogP contribution in [0.5, 0.6) is 0 Å². The highest BCUT2D eigenvalue weighted by Crippen LogP contribution is 2.14. The summed E-state index contributed by atoms with van der Waals surface area (Å²) in [7, 11) is -1.92. The molecule has 0 saturated carbocycles. The van der Waals surface area contributed by atoms with E-state index < -0.39 is 20.1 Å².